The van der Waals surface area contributed by atoms with E-state index in [2.05, 4.69) is 67.9 Å². The highest BCUT2D eigenvalue weighted by Gasteiger charge is 2.20. The van der Waals surface area contributed by atoms with Gasteiger partial charge < -0.3 is 50.7 Å². The summed E-state index contributed by atoms with van der Waals surface area (Å²) in [6.45, 7) is 0.241. The second kappa shape index (κ2) is 58.4. The molecule has 0 fully saturated rings. The fraction of sp³-hybridized carbons (Fsp3) is 0.0119. The fourth-order valence-electron chi connectivity index (χ4n) is 9.21. The van der Waals surface area contributed by atoms with E-state index in [-0.39, 0.29) is 95.7 Å². The molecule has 0 aliphatic rings. The van der Waals surface area contributed by atoms with Gasteiger partial charge >= 0.3 is 13.1 Å². The van der Waals surface area contributed by atoms with Crippen molar-refractivity contribution in [1.29, 1.82) is 0 Å². The first-order valence-electron chi connectivity index (χ1n) is 35.5. The Morgan fingerprint density at radius 2 is 0.902 bits per heavy atom. The normalized spacial score (nSPS) is 9.81. The van der Waals surface area contributed by atoms with Crippen LogP contribution in [0.15, 0.2) is 251 Å². The summed E-state index contributed by atoms with van der Waals surface area (Å²) in [6.07, 6.45) is 17.7. The molecule has 9 aromatic heterocycles. The molecule has 688 valence electrons. The molecule has 0 aliphatic carbocycles. The van der Waals surface area contributed by atoms with Gasteiger partial charge in [-0.3, -0.25) is 71.4 Å². The van der Waals surface area contributed by atoms with E-state index in [1.807, 2.05) is 67.8 Å². The minimum atomic E-state index is -1.51. The summed E-state index contributed by atoms with van der Waals surface area (Å²) in [4.78, 5) is 152. The monoisotopic (exact) mass is 2540 g/mol. The Hall–Kier alpha value is -10.8. The lowest BCUT2D eigenvalue weighted by Gasteiger charge is -2.10. The zero-order valence-corrected chi connectivity index (χ0v) is 83.2. The average Bonchev–Trinajstić information content (AvgIpc) is 0.804. The van der Waals surface area contributed by atoms with Crippen molar-refractivity contribution in [2.24, 2.45) is 0 Å². The molecule has 2 amide bonds. The number of amides is 2. The number of aldehydes is 3. The number of carboxylic acid groups (broad SMARTS) is 1. The van der Waals surface area contributed by atoms with Crippen LogP contribution in [-0.4, -0.2) is 122 Å². The quantitative estimate of drug-likeness (QED) is 0.0105. The first-order valence-corrected chi connectivity index (χ1v) is 43.9. The second-order valence-electron chi connectivity index (χ2n) is 23.9. The van der Waals surface area contributed by atoms with E-state index in [1.54, 1.807) is 77.6 Å². The van der Waals surface area contributed by atoms with Gasteiger partial charge in [0.25, 0.3) is 34.0 Å². The van der Waals surface area contributed by atoms with Gasteiger partial charge in [0.2, 0.25) is 24.6 Å². The number of aromatic carboxylic acids is 1. The number of carbonyl (C=O) groups excluding carboxylic acids is 7. The maximum Gasteiger partial charge on any atom is 0.488 e. The van der Waals surface area contributed by atoms with Crippen molar-refractivity contribution in [3.8, 4) is 40.3 Å². The smallest absolute Gasteiger partial charge is 0.480 e. The fourth-order valence-corrected chi connectivity index (χ4v) is 13.4. The SMILES string of the molecule is COc1nccc(I)c1C=O.Clc1ccncc1Cl.Nc1ccc(Oc2ccnc(NC=O)c2Cl)c(F)c1.O=C(Cl)c1c(I)ccn(-c2ccc(F)cc2)c1=O.O=C(O)c1c(I)ccn(-c2ccc(F)cc2)c1=O.O=CNc1nccc(Cl)c1Cl.O=COc1nccc(Cl)c1Cl.O=Cc1c(I)cc[nH]c1=O.O=Cc1c(I)ccn(-c2ccc(F)cc2)c1=O.OB(O)c1ccc(F)cc1. The Balaban J connectivity index is 0.000000264. The zero-order chi connectivity index (χ0) is 98.7. The molecule has 133 heavy (non-hydrogen) atoms. The van der Waals surface area contributed by atoms with Crippen molar-refractivity contribution in [3.05, 3.63) is 383 Å². The first kappa shape index (κ1) is 113. The van der Waals surface area contributed by atoms with Gasteiger partial charge in [0.05, 0.1) is 43.9 Å². The number of anilines is 3. The molecule has 0 saturated carbocycles. The molecule has 8 N–H and O–H groups in total. The highest BCUT2D eigenvalue weighted by Crippen LogP contribution is 2.35. The van der Waals surface area contributed by atoms with E-state index in [0.29, 0.717) is 93.7 Å². The Labute approximate surface area is 856 Å². The van der Waals surface area contributed by atoms with Crippen molar-refractivity contribution in [2.45, 2.75) is 0 Å². The molecule has 0 radical (unpaired) electrons. The summed E-state index contributed by atoms with van der Waals surface area (Å²) >= 11 is 54.4. The number of aromatic amines is 1. The van der Waals surface area contributed by atoms with Gasteiger partial charge in [0.1, 0.15) is 49.5 Å². The Kier molecular flexibility index (Phi) is 49.5. The molecular formula is C84H55BCl8F5I5N12O18. The number of nitrogens with zero attached hydrogens (tertiary/aromatic N) is 8. The lowest BCUT2D eigenvalue weighted by molar-refractivity contribution is -0.121. The number of hydrogen-bond acceptors (Lipinski definition) is 23. The molecule has 5 aromatic carbocycles. The lowest BCUT2D eigenvalue weighted by atomic mass is 9.80. The predicted octanol–water partition coefficient (Wildman–Crippen LogP) is 18.5. The maximum absolute atomic E-state index is 13.6. The third-order valence-electron chi connectivity index (χ3n) is 15.4. The van der Waals surface area contributed by atoms with E-state index in [4.69, 9.17) is 123 Å². The summed E-state index contributed by atoms with van der Waals surface area (Å²) in [6, 6.07) is 39.5. The zero-order valence-electron chi connectivity index (χ0n) is 66.4. The maximum atomic E-state index is 13.6. The summed E-state index contributed by atoms with van der Waals surface area (Å²) in [7, 11) is -0.0219. The second-order valence-corrected chi connectivity index (χ2v) is 32.8. The molecule has 49 heteroatoms. The summed E-state index contributed by atoms with van der Waals surface area (Å²) < 4.78 is 85.4. The molecule has 9 heterocycles. The predicted molar refractivity (Wildman–Crippen MR) is 536 cm³/mol. The van der Waals surface area contributed by atoms with Gasteiger partial charge in [-0.25, -0.2) is 46.7 Å². The third-order valence-corrected chi connectivity index (χ3v) is 22.9. The third kappa shape index (κ3) is 35.8. The van der Waals surface area contributed by atoms with Crippen LogP contribution in [0, 0.1) is 46.9 Å². The van der Waals surface area contributed by atoms with Crippen LogP contribution in [0.2, 0.25) is 35.2 Å². The molecule has 0 unspecified atom stereocenters. The van der Waals surface area contributed by atoms with Crippen LogP contribution in [0.25, 0.3) is 17.1 Å². The van der Waals surface area contributed by atoms with Gasteiger partial charge in [0.15, 0.2) is 47.8 Å². The lowest BCUT2D eigenvalue weighted by Crippen LogP contribution is -2.29. The van der Waals surface area contributed by atoms with Gasteiger partial charge in [0, 0.05) is 115 Å². The van der Waals surface area contributed by atoms with E-state index in [0.717, 1.165) is 15.9 Å². The van der Waals surface area contributed by atoms with E-state index in [9.17, 15) is 79.5 Å². The minimum Gasteiger partial charge on any atom is -0.480 e. The van der Waals surface area contributed by atoms with Gasteiger partial charge in [-0.15, -0.1) is 0 Å². The molecule has 0 spiro atoms. The number of halogens is 18. The number of nitrogens with one attached hydrogen (secondary N) is 3. The number of methoxy groups -OCH3 is 1. The van der Waals surface area contributed by atoms with Crippen LogP contribution < -0.4 is 58.3 Å². The highest BCUT2D eigenvalue weighted by molar-refractivity contribution is 14.1. The van der Waals surface area contributed by atoms with Crippen LogP contribution in [-0.2, 0) is 14.4 Å². The Morgan fingerprint density at radius 3 is 1.33 bits per heavy atom. The van der Waals surface area contributed by atoms with E-state index in [1.165, 1.54) is 192 Å². The Bertz CT molecular complexity index is 6470. The number of carboxylic acids is 1. The number of carbonyl (C=O) groups is 8. The van der Waals surface area contributed by atoms with Gasteiger partial charge in [-0.2, -0.15) is 0 Å². The number of benzene rings is 5. The average molecular weight is 2540 g/mol. The standard InChI is InChI=1S/C12H6ClFINO2.C12H9ClFN3O2.C12H7FINO3.C12H7FINO2.C7H6INO2.C6H6BFO2.C6H4Cl2N2O.C6H3Cl2NO2.C6H4INO2.C5H3Cl2N/c13-11(17)10-9(15)5-6-16(12(10)18)8-3-1-7(14)2-4-8;13-11-10(3-4-16-12(11)17-6-18)19-9-2-1-7(15)5-8(9)14;13-7-1-3-8(4-2-7)15-6-5-9(14)10(11(15)16)12(17)18;13-8-1-3-9(4-2-8)15-6-5-11(14)10(7-16)12(15)17;1-11-7-5(4-10)6(8)2-3-9-7;8-6-3-1-5(2-4-6)7(9)10;7-4-1-2-9-6(5(4)8)10-3-11;7-4-1-2-9-6(5(4)8)11-3-10;7-5-1-2-8-6(10)4(5)3-9;6-4-1-2-8-3-5(4)7/h1-6H;1-6H,15H2,(H,16,17,18);1-6H,(H,17,18);1-7H;2-4H,1H3;1-4,9-10H;1-3H,(H,9,10,11);1-3H;1-3H,(H,8,10);1-3H. The molecule has 0 aliphatic heterocycles. The summed E-state index contributed by atoms with van der Waals surface area (Å²) in [5.41, 5.74) is 5.98. The van der Waals surface area contributed by atoms with E-state index >= 15 is 0 Å². The largest absolute Gasteiger partial charge is 0.488 e. The molecule has 0 bridgehead atoms. The van der Waals surface area contributed by atoms with Crippen molar-refractivity contribution < 1.29 is 89.7 Å². The number of ether oxygens (including phenoxy) is 3. The number of H-pyrrole nitrogens is 1. The molecule has 14 aromatic rings. The molecule has 0 atom stereocenters. The van der Waals surface area contributed by atoms with Crippen LogP contribution in [0.1, 0.15) is 51.8 Å². The number of hydrogen-bond donors (Lipinski definition) is 7. The van der Waals surface area contributed by atoms with E-state index < -0.39 is 52.5 Å². The molecule has 14 rings (SSSR count). The van der Waals surface area contributed by atoms with Gasteiger partial charge in [-0.05, 0) is 276 Å². The summed E-state index contributed by atoms with van der Waals surface area (Å²) in [5.74, 6) is -2.52. The van der Waals surface area contributed by atoms with Gasteiger partial charge in [-0.1, -0.05) is 93.3 Å². The first-order chi connectivity index (χ1) is 63.3. The van der Waals surface area contributed by atoms with Crippen LogP contribution in [0.4, 0.5) is 39.3 Å². The van der Waals surface area contributed by atoms with Crippen molar-refractivity contribution in [2.75, 3.05) is 23.5 Å². The topological polar surface area (TPSA) is 438 Å². The van der Waals surface area contributed by atoms with Crippen molar-refractivity contribution in [3.63, 3.8) is 0 Å². The minimum absolute atomic E-state index is 0.0224. The highest BCUT2D eigenvalue weighted by atomic mass is 127. The van der Waals surface area contributed by atoms with Crippen LogP contribution in [0.5, 0.6) is 23.3 Å². The number of rotatable bonds is 18. The molecule has 0 saturated heterocycles. The molecular weight excluding hydrogens is 2490 g/mol. The summed E-state index contributed by atoms with van der Waals surface area (Å²) in [5, 5.41) is 32.1. The molecule has 30 nitrogen and oxygen atoms in total. The number of pyridine rings is 9. The Morgan fingerprint density at radius 1 is 0.474 bits per heavy atom. The number of nitrogen functional groups attached to an aromatic ring is 1. The van der Waals surface area contributed by atoms with Crippen LogP contribution >= 0.6 is 206 Å². The number of nitrogens with two attached hydrogens (primary N) is 1. The number of aromatic nitrogens is 9. The van der Waals surface area contributed by atoms with Crippen molar-refractivity contribution in [1.82, 2.24) is 43.6 Å². The van der Waals surface area contributed by atoms with Crippen molar-refractivity contribution >= 4 is 285 Å². The van der Waals surface area contributed by atoms with Crippen LogP contribution in [0.3, 0.4) is 0 Å².